The predicted molar refractivity (Wildman–Crippen MR) is 120 cm³/mol. The van der Waals surface area contributed by atoms with E-state index >= 15 is 0 Å². The molecule has 0 bridgehead atoms. The first kappa shape index (κ1) is 24.0. The Bertz CT molecular complexity index is 1180. The number of aromatic nitrogens is 2. The fourth-order valence-electron chi connectivity index (χ4n) is 2.99. The zero-order chi connectivity index (χ0) is 23.6. The summed E-state index contributed by atoms with van der Waals surface area (Å²) in [6, 6.07) is 4.70. The molecular formula is C21H21F3N4O2S2. The lowest BCUT2D eigenvalue weighted by Crippen LogP contribution is -2.36. The summed E-state index contributed by atoms with van der Waals surface area (Å²) in [4.78, 5) is 36.9. The third-order valence-corrected chi connectivity index (χ3v) is 6.81. The van der Waals surface area contributed by atoms with Gasteiger partial charge in [0.1, 0.15) is 15.7 Å². The fraction of sp³-hybridized carbons (Fsp3) is 0.333. The molecule has 0 fully saturated rings. The van der Waals surface area contributed by atoms with E-state index in [2.05, 4.69) is 15.3 Å². The van der Waals surface area contributed by atoms with Crippen molar-refractivity contribution in [2.75, 3.05) is 24.7 Å². The average Bonchev–Trinajstić information content (AvgIpc) is 2.98. The molecule has 0 radical (unpaired) electrons. The highest BCUT2D eigenvalue weighted by molar-refractivity contribution is 8.00. The van der Waals surface area contributed by atoms with E-state index in [9.17, 15) is 22.8 Å². The van der Waals surface area contributed by atoms with Crippen LogP contribution in [0.15, 0.2) is 29.3 Å². The van der Waals surface area contributed by atoms with Gasteiger partial charge in [-0.25, -0.2) is 9.97 Å². The molecule has 3 rings (SSSR count). The van der Waals surface area contributed by atoms with E-state index in [0.29, 0.717) is 10.9 Å². The lowest BCUT2D eigenvalue weighted by molar-refractivity contribution is -0.137. The normalized spacial score (nSPS) is 11.6. The van der Waals surface area contributed by atoms with Crippen LogP contribution in [-0.4, -0.2) is 46.0 Å². The Morgan fingerprint density at radius 3 is 2.53 bits per heavy atom. The van der Waals surface area contributed by atoms with Crippen molar-refractivity contribution < 1.29 is 22.8 Å². The van der Waals surface area contributed by atoms with Gasteiger partial charge < -0.3 is 10.2 Å². The van der Waals surface area contributed by atoms with E-state index in [0.717, 1.165) is 26.7 Å². The van der Waals surface area contributed by atoms with Gasteiger partial charge in [-0.3, -0.25) is 9.59 Å². The highest BCUT2D eigenvalue weighted by atomic mass is 32.2. The van der Waals surface area contributed by atoms with Crippen LogP contribution in [-0.2, 0) is 15.8 Å². The predicted octanol–water partition coefficient (Wildman–Crippen LogP) is 4.82. The van der Waals surface area contributed by atoms with Gasteiger partial charge in [0.25, 0.3) is 0 Å². The molecule has 1 N–H and O–H groups in total. The molecule has 0 aliphatic rings. The van der Waals surface area contributed by atoms with Gasteiger partial charge in [0.05, 0.1) is 23.5 Å². The average molecular weight is 483 g/mol. The van der Waals surface area contributed by atoms with Crippen LogP contribution >= 0.6 is 23.1 Å². The number of thiophene rings is 1. The number of aryl methyl sites for hydroxylation is 3. The number of anilines is 1. The second kappa shape index (κ2) is 9.45. The quantitative estimate of drug-likeness (QED) is 0.403. The number of carbonyl (C=O) groups excluding carboxylic acids is 2. The number of nitrogens with zero attached hydrogens (tertiary/aromatic N) is 3. The first-order valence-electron chi connectivity index (χ1n) is 9.54. The van der Waals surface area contributed by atoms with Gasteiger partial charge in [-0.2, -0.15) is 13.2 Å². The minimum atomic E-state index is -4.60. The number of fused-ring (bicyclic) bond motifs is 1. The zero-order valence-corrected chi connectivity index (χ0v) is 19.5. The van der Waals surface area contributed by atoms with Crippen LogP contribution in [0.1, 0.15) is 21.8 Å². The smallest absolute Gasteiger partial charge is 0.336 e. The van der Waals surface area contributed by atoms with Gasteiger partial charge in [-0.15, -0.1) is 11.3 Å². The van der Waals surface area contributed by atoms with E-state index in [-0.39, 0.29) is 23.9 Å². The number of para-hydroxylation sites is 1. The molecule has 0 atom stereocenters. The number of hydrogen-bond donors (Lipinski definition) is 1. The first-order valence-corrected chi connectivity index (χ1v) is 11.3. The first-order chi connectivity index (χ1) is 15.0. The standard InChI is InChI=1S/C21H21F3N4O2S2/c1-11-12(2)32-20-18(11)19(25-13(3)26-20)31-10-17(30)28(4)9-16(29)27-15-8-6-5-7-14(15)21(22,23)24/h5-8H,9-10H2,1-4H3,(H,27,29). The van der Waals surface area contributed by atoms with E-state index in [1.165, 1.54) is 41.9 Å². The molecule has 0 aliphatic heterocycles. The van der Waals surface area contributed by atoms with Crippen molar-refractivity contribution in [2.24, 2.45) is 0 Å². The van der Waals surface area contributed by atoms with Crippen LogP contribution in [0.3, 0.4) is 0 Å². The second-order valence-corrected chi connectivity index (χ2v) is 9.34. The number of rotatable bonds is 6. The zero-order valence-electron chi connectivity index (χ0n) is 17.8. The Kier molecular flexibility index (Phi) is 7.09. The van der Waals surface area contributed by atoms with Crippen LogP contribution in [0.4, 0.5) is 18.9 Å². The van der Waals surface area contributed by atoms with Gasteiger partial charge in [0, 0.05) is 17.3 Å². The van der Waals surface area contributed by atoms with Gasteiger partial charge >= 0.3 is 6.18 Å². The highest BCUT2D eigenvalue weighted by Crippen LogP contribution is 2.36. The van der Waals surface area contributed by atoms with Crippen LogP contribution in [0.25, 0.3) is 10.2 Å². The lowest BCUT2D eigenvalue weighted by Gasteiger charge is -2.18. The van der Waals surface area contributed by atoms with Crippen molar-refractivity contribution in [3.8, 4) is 0 Å². The SMILES string of the molecule is Cc1nc(SCC(=O)N(C)CC(=O)Nc2ccccc2C(F)(F)F)c2c(C)c(C)sc2n1. The fourth-order valence-corrected chi connectivity index (χ4v) is 5.20. The molecule has 2 heterocycles. The third kappa shape index (κ3) is 5.39. The number of thioether (sulfide) groups is 1. The molecule has 1 aromatic carbocycles. The van der Waals surface area contributed by atoms with Crippen molar-refractivity contribution in [3.63, 3.8) is 0 Å². The molecule has 11 heteroatoms. The number of carbonyl (C=O) groups is 2. The molecule has 0 saturated heterocycles. The summed E-state index contributed by atoms with van der Waals surface area (Å²) in [7, 11) is 1.43. The summed E-state index contributed by atoms with van der Waals surface area (Å²) in [6.07, 6.45) is -4.60. The second-order valence-electron chi connectivity index (χ2n) is 7.17. The van der Waals surface area contributed by atoms with Gasteiger partial charge in [0.2, 0.25) is 11.8 Å². The molecular weight excluding hydrogens is 461 g/mol. The molecule has 170 valence electrons. The van der Waals surface area contributed by atoms with E-state index < -0.39 is 17.6 Å². The Morgan fingerprint density at radius 2 is 1.84 bits per heavy atom. The van der Waals surface area contributed by atoms with Crippen LogP contribution in [0.2, 0.25) is 0 Å². The third-order valence-electron chi connectivity index (χ3n) is 4.75. The molecule has 3 aromatic rings. The number of halogens is 3. The molecule has 32 heavy (non-hydrogen) atoms. The highest BCUT2D eigenvalue weighted by Gasteiger charge is 2.33. The molecule has 2 aromatic heterocycles. The van der Waals surface area contributed by atoms with Crippen LogP contribution in [0.5, 0.6) is 0 Å². The topological polar surface area (TPSA) is 75.2 Å². The summed E-state index contributed by atoms with van der Waals surface area (Å²) in [6.45, 7) is 5.39. The van der Waals surface area contributed by atoms with E-state index in [4.69, 9.17) is 0 Å². The molecule has 0 unspecified atom stereocenters. The Morgan fingerprint density at radius 1 is 1.16 bits per heavy atom. The summed E-state index contributed by atoms with van der Waals surface area (Å²) in [5.41, 5.74) is -0.221. The maximum Gasteiger partial charge on any atom is 0.418 e. The van der Waals surface area contributed by atoms with E-state index in [1.54, 1.807) is 18.3 Å². The Labute approximate surface area is 191 Å². The van der Waals surface area contributed by atoms with E-state index in [1.807, 2.05) is 13.8 Å². The number of alkyl halides is 3. The summed E-state index contributed by atoms with van der Waals surface area (Å²) >= 11 is 2.82. The Hall–Kier alpha value is -2.66. The minimum absolute atomic E-state index is 0.0306. The van der Waals surface area contributed by atoms with Crippen LogP contribution < -0.4 is 5.32 Å². The summed E-state index contributed by atoms with van der Waals surface area (Å²) < 4.78 is 39.3. The molecule has 2 amide bonds. The molecule has 0 spiro atoms. The Balaban J connectivity index is 1.64. The number of benzene rings is 1. The number of nitrogens with one attached hydrogen (secondary N) is 1. The number of hydrogen-bond acceptors (Lipinski definition) is 6. The number of likely N-dealkylation sites (N-methyl/N-ethyl adjacent to an activating group) is 1. The monoisotopic (exact) mass is 482 g/mol. The van der Waals surface area contributed by atoms with Gasteiger partial charge in [-0.1, -0.05) is 23.9 Å². The summed E-state index contributed by atoms with van der Waals surface area (Å²) in [5.74, 6) is -0.428. The van der Waals surface area contributed by atoms with Crippen molar-refractivity contribution in [1.29, 1.82) is 0 Å². The lowest BCUT2D eigenvalue weighted by atomic mass is 10.1. The van der Waals surface area contributed by atoms with Crippen molar-refractivity contribution in [1.82, 2.24) is 14.9 Å². The van der Waals surface area contributed by atoms with Crippen molar-refractivity contribution >= 4 is 50.8 Å². The maximum absolute atomic E-state index is 13.1. The maximum atomic E-state index is 13.1. The summed E-state index contributed by atoms with van der Waals surface area (Å²) in [5, 5.41) is 3.85. The van der Waals surface area contributed by atoms with Crippen molar-refractivity contribution in [3.05, 3.63) is 46.1 Å². The van der Waals surface area contributed by atoms with Gasteiger partial charge in [-0.05, 0) is 38.5 Å². The molecule has 0 aliphatic carbocycles. The van der Waals surface area contributed by atoms with Crippen molar-refractivity contribution in [2.45, 2.75) is 32.0 Å². The van der Waals surface area contributed by atoms with Gasteiger partial charge in [0.15, 0.2) is 0 Å². The molecule has 6 nitrogen and oxygen atoms in total. The minimum Gasteiger partial charge on any atom is -0.336 e. The number of amides is 2. The largest absolute Gasteiger partial charge is 0.418 e. The van der Waals surface area contributed by atoms with Crippen LogP contribution in [0, 0.1) is 20.8 Å². The molecule has 0 saturated carbocycles.